The minimum atomic E-state index is 0. The zero-order chi connectivity index (χ0) is 15.9. The van der Waals surface area contributed by atoms with Crippen LogP contribution in [-0.2, 0) is 6.54 Å². The first-order valence-electron chi connectivity index (χ1n) is 8.04. The number of pyridine rings is 1. The van der Waals surface area contributed by atoms with Crippen LogP contribution < -0.4 is 10.1 Å². The van der Waals surface area contributed by atoms with Gasteiger partial charge in [-0.1, -0.05) is 24.8 Å². The maximum absolute atomic E-state index is 5.54. The molecule has 0 bridgehead atoms. The van der Waals surface area contributed by atoms with Gasteiger partial charge in [0.15, 0.2) is 0 Å². The number of hydrogen-bond acceptors (Lipinski definition) is 4. The highest BCUT2D eigenvalue weighted by atomic mass is 35.5. The zero-order valence-electron chi connectivity index (χ0n) is 13.7. The molecule has 1 aromatic heterocycles. The summed E-state index contributed by atoms with van der Waals surface area (Å²) in [7, 11) is 0. The van der Waals surface area contributed by atoms with Crippen LogP contribution in [0.4, 0.5) is 0 Å². The lowest BCUT2D eigenvalue weighted by molar-refractivity contribution is 0.153. The molecule has 2 aromatic rings. The van der Waals surface area contributed by atoms with E-state index < -0.39 is 0 Å². The van der Waals surface area contributed by atoms with Gasteiger partial charge in [0.25, 0.3) is 0 Å². The first-order chi connectivity index (χ1) is 11.4. The summed E-state index contributed by atoms with van der Waals surface area (Å²) in [6, 6.07) is 13.0. The van der Waals surface area contributed by atoms with E-state index in [-0.39, 0.29) is 12.4 Å². The molecule has 0 saturated carbocycles. The van der Waals surface area contributed by atoms with Gasteiger partial charge in [-0.05, 0) is 35.4 Å². The molecule has 1 aliphatic heterocycles. The highest BCUT2D eigenvalue weighted by Gasteiger charge is 2.23. The van der Waals surface area contributed by atoms with E-state index in [2.05, 4.69) is 46.0 Å². The molecule has 1 fully saturated rings. The van der Waals surface area contributed by atoms with Crippen LogP contribution in [0.25, 0.3) is 0 Å². The topological polar surface area (TPSA) is 37.4 Å². The van der Waals surface area contributed by atoms with E-state index in [0.29, 0.717) is 12.6 Å². The number of piperazine rings is 1. The predicted octanol–water partition coefficient (Wildman–Crippen LogP) is 3.21. The Morgan fingerprint density at radius 3 is 2.67 bits per heavy atom. The Hall–Kier alpha value is -1.88. The van der Waals surface area contributed by atoms with Gasteiger partial charge in [-0.3, -0.25) is 9.88 Å². The fourth-order valence-corrected chi connectivity index (χ4v) is 2.93. The average Bonchev–Trinajstić information content (AvgIpc) is 2.62. The summed E-state index contributed by atoms with van der Waals surface area (Å²) < 4.78 is 5.54. The van der Waals surface area contributed by atoms with Crippen molar-refractivity contribution >= 4 is 12.4 Å². The summed E-state index contributed by atoms with van der Waals surface area (Å²) in [6.45, 7) is 8.20. The molecular weight excluding hydrogens is 322 g/mol. The minimum absolute atomic E-state index is 0. The molecule has 5 heteroatoms. The molecule has 1 atom stereocenters. The third-order valence-electron chi connectivity index (χ3n) is 4.12. The van der Waals surface area contributed by atoms with Gasteiger partial charge in [0, 0.05) is 44.6 Å². The first kappa shape index (κ1) is 18.5. The Labute approximate surface area is 150 Å². The molecule has 3 rings (SSSR count). The zero-order valence-corrected chi connectivity index (χ0v) is 14.5. The van der Waals surface area contributed by atoms with Gasteiger partial charge < -0.3 is 10.1 Å². The fourth-order valence-electron chi connectivity index (χ4n) is 2.93. The van der Waals surface area contributed by atoms with Crippen molar-refractivity contribution < 1.29 is 4.74 Å². The van der Waals surface area contributed by atoms with Crippen LogP contribution in [0, 0.1) is 0 Å². The number of benzene rings is 1. The number of halogens is 1. The van der Waals surface area contributed by atoms with E-state index in [1.165, 1.54) is 11.1 Å². The minimum Gasteiger partial charge on any atom is -0.490 e. The second-order valence-electron chi connectivity index (χ2n) is 5.71. The number of aromatic nitrogens is 1. The second-order valence-corrected chi connectivity index (χ2v) is 5.71. The van der Waals surface area contributed by atoms with Gasteiger partial charge in [0.05, 0.1) is 0 Å². The molecule has 0 radical (unpaired) electrons. The van der Waals surface area contributed by atoms with E-state index in [1.54, 1.807) is 6.08 Å². The van der Waals surface area contributed by atoms with Gasteiger partial charge in [-0.15, -0.1) is 12.4 Å². The van der Waals surface area contributed by atoms with E-state index in [1.807, 2.05) is 24.5 Å². The van der Waals surface area contributed by atoms with Crippen LogP contribution in [-0.4, -0.2) is 36.1 Å². The molecule has 128 valence electrons. The molecule has 0 aliphatic carbocycles. The third kappa shape index (κ3) is 4.81. The van der Waals surface area contributed by atoms with Crippen molar-refractivity contribution in [2.45, 2.75) is 12.6 Å². The van der Waals surface area contributed by atoms with Gasteiger partial charge in [-0.25, -0.2) is 0 Å². The molecule has 0 spiro atoms. The Morgan fingerprint density at radius 2 is 1.96 bits per heavy atom. The highest BCUT2D eigenvalue weighted by Crippen LogP contribution is 2.24. The average molecular weight is 346 g/mol. The molecule has 1 saturated heterocycles. The van der Waals surface area contributed by atoms with Crippen LogP contribution in [0.2, 0.25) is 0 Å². The highest BCUT2D eigenvalue weighted by molar-refractivity contribution is 5.85. The van der Waals surface area contributed by atoms with Crippen molar-refractivity contribution in [3.63, 3.8) is 0 Å². The number of ether oxygens (including phenoxy) is 1. The smallest absolute Gasteiger partial charge is 0.119 e. The lowest BCUT2D eigenvalue weighted by Gasteiger charge is -2.36. The van der Waals surface area contributed by atoms with E-state index in [9.17, 15) is 0 Å². The number of rotatable bonds is 6. The SMILES string of the molecule is C=CCOc1ccc(CN2CCNCC2c2ccncc2)cc1.Cl. The van der Waals surface area contributed by atoms with Gasteiger partial charge in [0.1, 0.15) is 12.4 Å². The van der Waals surface area contributed by atoms with Crippen LogP contribution in [0.1, 0.15) is 17.2 Å². The quantitative estimate of drug-likeness (QED) is 0.816. The van der Waals surface area contributed by atoms with Crippen molar-refractivity contribution in [1.82, 2.24) is 15.2 Å². The summed E-state index contributed by atoms with van der Waals surface area (Å²) >= 11 is 0. The molecule has 4 nitrogen and oxygen atoms in total. The van der Waals surface area contributed by atoms with Gasteiger partial charge >= 0.3 is 0 Å². The summed E-state index contributed by atoms with van der Waals surface area (Å²) in [5.41, 5.74) is 2.62. The molecular formula is C19H24ClN3O. The molecule has 0 amide bonds. The Kier molecular flexibility index (Phi) is 7.25. The second kappa shape index (κ2) is 9.42. The van der Waals surface area contributed by atoms with E-state index in [0.717, 1.165) is 31.9 Å². The third-order valence-corrected chi connectivity index (χ3v) is 4.12. The lowest BCUT2D eigenvalue weighted by atomic mass is 10.0. The number of nitrogens with zero attached hydrogens (tertiary/aromatic N) is 2. The Bertz CT molecular complexity index is 618. The Balaban J connectivity index is 0.00000208. The molecule has 1 N–H and O–H groups in total. The lowest BCUT2D eigenvalue weighted by Crippen LogP contribution is -2.45. The molecule has 1 unspecified atom stereocenters. The fraction of sp³-hybridized carbons (Fsp3) is 0.316. The summed E-state index contributed by atoms with van der Waals surface area (Å²) in [5.74, 6) is 0.889. The van der Waals surface area contributed by atoms with Crippen molar-refractivity contribution in [1.29, 1.82) is 0 Å². The van der Waals surface area contributed by atoms with Gasteiger partial charge in [0.2, 0.25) is 0 Å². The molecule has 1 aromatic carbocycles. The van der Waals surface area contributed by atoms with Crippen molar-refractivity contribution in [2.75, 3.05) is 26.2 Å². The summed E-state index contributed by atoms with van der Waals surface area (Å²) in [6.07, 6.45) is 5.50. The van der Waals surface area contributed by atoms with Crippen molar-refractivity contribution in [3.05, 3.63) is 72.6 Å². The molecule has 2 heterocycles. The maximum atomic E-state index is 5.54. The Morgan fingerprint density at radius 1 is 1.21 bits per heavy atom. The summed E-state index contributed by atoms with van der Waals surface area (Å²) in [4.78, 5) is 6.64. The van der Waals surface area contributed by atoms with Crippen LogP contribution >= 0.6 is 12.4 Å². The summed E-state index contributed by atoms with van der Waals surface area (Å²) in [5, 5.41) is 3.49. The molecule has 1 aliphatic rings. The first-order valence-corrected chi connectivity index (χ1v) is 8.04. The van der Waals surface area contributed by atoms with Crippen molar-refractivity contribution in [3.8, 4) is 5.75 Å². The van der Waals surface area contributed by atoms with Crippen molar-refractivity contribution in [2.24, 2.45) is 0 Å². The normalized spacial score (nSPS) is 17.8. The van der Waals surface area contributed by atoms with Crippen LogP contribution in [0.5, 0.6) is 5.75 Å². The monoisotopic (exact) mass is 345 g/mol. The maximum Gasteiger partial charge on any atom is 0.119 e. The van der Waals surface area contributed by atoms with Crippen LogP contribution in [0.15, 0.2) is 61.4 Å². The standard InChI is InChI=1S/C19H23N3O.ClH/c1-2-13-23-18-5-3-16(4-6-18)15-22-12-11-21-14-19(22)17-7-9-20-10-8-17;/h2-10,19,21H,1,11-15H2;1H. The molecule has 24 heavy (non-hydrogen) atoms. The van der Waals surface area contributed by atoms with Gasteiger partial charge in [-0.2, -0.15) is 0 Å². The predicted molar refractivity (Wildman–Crippen MR) is 99.6 cm³/mol. The van der Waals surface area contributed by atoms with E-state index in [4.69, 9.17) is 4.74 Å². The van der Waals surface area contributed by atoms with Crippen LogP contribution in [0.3, 0.4) is 0 Å². The number of nitrogens with one attached hydrogen (secondary N) is 1. The van der Waals surface area contributed by atoms with E-state index >= 15 is 0 Å². The largest absolute Gasteiger partial charge is 0.490 e. The number of hydrogen-bond donors (Lipinski definition) is 1.